The van der Waals surface area contributed by atoms with E-state index in [1.54, 1.807) is 0 Å². The highest BCUT2D eigenvalue weighted by Crippen LogP contribution is 2.16. The molecule has 0 saturated heterocycles. The minimum atomic E-state index is 0.468. The van der Waals surface area contributed by atoms with Crippen LogP contribution < -0.4 is 10.1 Å². The molecule has 1 aromatic heterocycles. The molecule has 2 rings (SSSR count). The number of ether oxygens (including phenoxy) is 1. The Morgan fingerprint density at radius 2 is 1.76 bits per heavy atom. The molecule has 0 saturated carbocycles. The first-order valence-corrected chi connectivity index (χ1v) is 7.67. The first-order valence-electron chi connectivity index (χ1n) is 7.67. The third-order valence-corrected chi connectivity index (χ3v) is 3.28. The summed E-state index contributed by atoms with van der Waals surface area (Å²) in [7, 11) is 0. The normalized spacial score (nSPS) is 11.0. The van der Waals surface area contributed by atoms with Crippen LogP contribution in [-0.4, -0.2) is 6.54 Å². The van der Waals surface area contributed by atoms with Gasteiger partial charge in [0.1, 0.15) is 23.9 Å². The van der Waals surface area contributed by atoms with Crippen LogP contribution in [0.2, 0.25) is 0 Å². The standard InChI is InChI=1S/C18H25NO2/c1-4-15-5-7-16(8-6-15)20-13-18-10-9-17(21-18)12-19-11-14(2)3/h5-10,14,19H,4,11-13H2,1-3H3. The van der Waals surface area contributed by atoms with Crippen molar-refractivity contribution < 1.29 is 9.15 Å². The minimum absolute atomic E-state index is 0.468. The summed E-state index contributed by atoms with van der Waals surface area (Å²) in [6, 6.07) is 12.2. The van der Waals surface area contributed by atoms with Crippen LogP contribution in [0.15, 0.2) is 40.8 Å². The Morgan fingerprint density at radius 3 is 2.43 bits per heavy atom. The lowest BCUT2D eigenvalue weighted by atomic mass is 10.2. The van der Waals surface area contributed by atoms with Gasteiger partial charge in [0.05, 0.1) is 6.54 Å². The van der Waals surface area contributed by atoms with E-state index in [-0.39, 0.29) is 0 Å². The maximum atomic E-state index is 5.74. The molecule has 0 atom stereocenters. The molecule has 0 aliphatic heterocycles. The fraction of sp³-hybridized carbons (Fsp3) is 0.444. The van der Waals surface area contributed by atoms with E-state index in [9.17, 15) is 0 Å². The fourth-order valence-electron chi connectivity index (χ4n) is 2.05. The molecule has 21 heavy (non-hydrogen) atoms. The molecule has 114 valence electrons. The maximum Gasteiger partial charge on any atom is 0.146 e. The maximum absolute atomic E-state index is 5.74. The molecule has 3 nitrogen and oxygen atoms in total. The molecule has 1 aromatic carbocycles. The predicted molar refractivity (Wildman–Crippen MR) is 85.4 cm³/mol. The largest absolute Gasteiger partial charge is 0.486 e. The molecule has 2 aromatic rings. The Bertz CT molecular complexity index is 528. The molecule has 1 N–H and O–H groups in total. The van der Waals surface area contributed by atoms with Gasteiger partial charge in [-0.2, -0.15) is 0 Å². The summed E-state index contributed by atoms with van der Waals surface area (Å²) >= 11 is 0. The van der Waals surface area contributed by atoms with E-state index >= 15 is 0 Å². The Kier molecular flexibility index (Phi) is 5.88. The predicted octanol–water partition coefficient (Wildman–Crippen LogP) is 4.17. The van der Waals surface area contributed by atoms with Crippen molar-refractivity contribution in [2.75, 3.05) is 6.54 Å². The molecule has 0 spiro atoms. The molecule has 0 amide bonds. The summed E-state index contributed by atoms with van der Waals surface area (Å²) in [5.74, 6) is 3.34. The van der Waals surface area contributed by atoms with Gasteiger partial charge in [0.25, 0.3) is 0 Å². The van der Waals surface area contributed by atoms with E-state index in [0.29, 0.717) is 12.5 Å². The van der Waals surface area contributed by atoms with E-state index in [2.05, 4.69) is 38.2 Å². The summed E-state index contributed by atoms with van der Waals surface area (Å²) in [5, 5.41) is 3.37. The topological polar surface area (TPSA) is 34.4 Å². The summed E-state index contributed by atoms with van der Waals surface area (Å²) in [6.45, 7) is 8.76. The fourth-order valence-corrected chi connectivity index (χ4v) is 2.05. The highest BCUT2D eigenvalue weighted by molar-refractivity contribution is 5.27. The van der Waals surface area contributed by atoms with Gasteiger partial charge in [-0.25, -0.2) is 0 Å². The van der Waals surface area contributed by atoms with Crippen molar-refractivity contribution >= 4 is 0 Å². The Hall–Kier alpha value is -1.74. The molecule has 0 aliphatic rings. The number of rotatable bonds is 8. The molecule has 0 aliphatic carbocycles. The molecule has 0 fully saturated rings. The van der Waals surface area contributed by atoms with Crippen molar-refractivity contribution in [1.29, 1.82) is 0 Å². The van der Waals surface area contributed by atoms with Crippen molar-refractivity contribution in [3.63, 3.8) is 0 Å². The number of hydrogen-bond donors (Lipinski definition) is 1. The van der Waals surface area contributed by atoms with E-state index in [4.69, 9.17) is 9.15 Å². The Labute approximate surface area is 127 Å². The number of hydrogen-bond acceptors (Lipinski definition) is 3. The minimum Gasteiger partial charge on any atom is -0.486 e. The zero-order valence-electron chi connectivity index (χ0n) is 13.2. The van der Waals surface area contributed by atoms with Crippen molar-refractivity contribution in [2.45, 2.75) is 40.3 Å². The molecule has 3 heteroatoms. The molecular weight excluding hydrogens is 262 g/mol. The molecule has 1 heterocycles. The first kappa shape index (κ1) is 15.6. The molecular formula is C18H25NO2. The van der Waals surface area contributed by atoms with Gasteiger partial charge in [0.15, 0.2) is 0 Å². The van der Waals surface area contributed by atoms with Crippen LogP contribution in [0.25, 0.3) is 0 Å². The lowest BCUT2D eigenvalue weighted by Crippen LogP contribution is -2.18. The van der Waals surface area contributed by atoms with Crippen LogP contribution in [-0.2, 0) is 19.6 Å². The average molecular weight is 287 g/mol. The van der Waals surface area contributed by atoms with Crippen LogP contribution in [0, 0.1) is 5.92 Å². The van der Waals surface area contributed by atoms with Crippen LogP contribution in [0.4, 0.5) is 0 Å². The van der Waals surface area contributed by atoms with Crippen LogP contribution in [0.5, 0.6) is 5.75 Å². The molecule has 0 unspecified atom stereocenters. The first-order chi connectivity index (χ1) is 10.2. The van der Waals surface area contributed by atoms with Gasteiger partial charge in [0, 0.05) is 0 Å². The zero-order chi connectivity index (χ0) is 15.1. The van der Waals surface area contributed by atoms with Gasteiger partial charge in [-0.1, -0.05) is 32.9 Å². The van der Waals surface area contributed by atoms with Gasteiger partial charge in [-0.15, -0.1) is 0 Å². The van der Waals surface area contributed by atoms with Gasteiger partial charge in [0.2, 0.25) is 0 Å². The lowest BCUT2D eigenvalue weighted by Gasteiger charge is -2.06. The van der Waals surface area contributed by atoms with Crippen molar-refractivity contribution in [1.82, 2.24) is 5.32 Å². The molecule has 0 bridgehead atoms. The van der Waals surface area contributed by atoms with Crippen LogP contribution in [0.1, 0.15) is 37.9 Å². The lowest BCUT2D eigenvalue weighted by molar-refractivity contribution is 0.265. The van der Waals surface area contributed by atoms with Crippen LogP contribution >= 0.6 is 0 Å². The summed E-state index contributed by atoms with van der Waals surface area (Å²) < 4.78 is 11.5. The SMILES string of the molecule is CCc1ccc(OCc2ccc(CNCC(C)C)o2)cc1. The number of nitrogens with one attached hydrogen (secondary N) is 1. The second kappa shape index (κ2) is 7.89. The van der Waals surface area contributed by atoms with E-state index in [0.717, 1.165) is 36.8 Å². The van der Waals surface area contributed by atoms with Crippen LogP contribution in [0.3, 0.4) is 0 Å². The summed E-state index contributed by atoms with van der Waals surface area (Å²) in [5.41, 5.74) is 1.32. The second-order valence-electron chi connectivity index (χ2n) is 5.68. The van der Waals surface area contributed by atoms with Gasteiger partial charge >= 0.3 is 0 Å². The Balaban J connectivity index is 1.79. The summed E-state index contributed by atoms with van der Waals surface area (Å²) in [4.78, 5) is 0. The Morgan fingerprint density at radius 1 is 1.05 bits per heavy atom. The van der Waals surface area contributed by atoms with Gasteiger partial charge < -0.3 is 14.5 Å². The highest BCUT2D eigenvalue weighted by Gasteiger charge is 2.03. The van der Waals surface area contributed by atoms with Gasteiger partial charge in [-0.3, -0.25) is 0 Å². The monoisotopic (exact) mass is 287 g/mol. The quantitative estimate of drug-likeness (QED) is 0.791. The van der Waals surface area contributed by atoms with Crippen molar-refractivity contribution in [2.24, 2.45) is 5.92 Å². The zero-order valence-corrected chi connectivity index (χ0v) is 13.2. The van der Waals surface area contributed by atoms with Crippen molar-refractivity contribution in [3.8, 4) is 5.75 Å². The number of benzene rings is 1. The number of furan rings is 1. The molecule has 0 radical (unpaired) electrons. The van der Waals surface area contributed by atoms with E-state index < -0.39 is 0 Å². The van der Waals surface area contributed by atoms with Crippen molar-refractivity contribution in [3.05, 3.63) is 53.5 Å². The number of aryl methyl sites for hydroxylation is 1. The third-order valence-electron chi connectivity index (χ3n) is 3.28. The second-order valence-corrected chi connectivity index (χ2v) is 5.68. The van der Waals surface area contributed by atoms with E-state index in [1.807, 2.05) is 24.3 Å². The third kappa shape index (κ3) is 5.27. The van der Waals surface area contributed by atoms with E-state index in [1.165, 1.54) is 5.56 Å². The average Bonchev–Trinajstić information content (AvgIpc) is 2.93. The highest BCUT2D eigenvalue weighted by atomic mass is 16.5. The summed E-state index contributed by atoms with van der Waals surface area (Å²) in [6.07, 6.45) is 1.05. The smallest absolute Gasteiger partial charge is 0.146 e. The van der Waals surface area contributed by atoms with Gasteiger partial charge in [-0.05, 0) is 48.7 Å².